The molecule has 0 aliphatic rings. The highest BCUT2D eigenvalue weighted by Crippen LogP contribution is 2.22. The minimum absolute atomic E-state index is 0.228. The third kappa shape index (κ3) is 4.05. The van der Waals surface area contributed by atoms with E-state index in [1.165, 1.54) is 0 Å². The largest absolute Gasteiger partial charge is 0.350 e. The van der Waals surface area contributed by atoms with Crippen molar-refractivity contribution in [1.82, 2.24) is 9.55 Å². The summed E-state index contributed by atoms with van der Waals surface area (Å²) in [5, 5.41) is 6.49. The molecule has 2 amide bonds. The zero-order valence-electron chi connectivity index (χ0n) is 15.5. The number of nitrogens with zero attached hydrogens (tertiary/aromatic N) is 2. The van der Waals surface area contributed by atoms with Gasteiger partial charge in [-0.3, -0.25) is 9.59 Å². The zero-order valence-corrected chi connectivity index (χ0v) is 17.1. The summed E-state index contributed by atoms with van der Waals surface area (Å²) in [6.07, 6.45) is 3.41. The second-order valence-electron chi connectivity index (χ2n) is 6.52. The quantitative estimate of drug-likeness (QED) is 0.468. The number of aromatic nitrogens is 2. The van der Waals surface area contributed by atoms with Crippen molar-refractivity contribution in [3.63, 3.8) is 0 Å². The van der Waals surface area contributed by atoms with E-state index >= 15 is 0 Å². The molecule has 2 N–H and O–H groups in total. The molecule has 0 fully saturated rings. The summed E-state index contributed by atoms with van der Waals surface area (Å²) in [4.78, 5) is 29.4. The lowest BCUT2D eigenvalue weighted by Crippen LogP contribution is -2.15. The lowest BCUT2D eigenvalue weighted by Gasteiger charge is -2.08. The van der Waals surface area contributed by atoms with Crippen LogP contribution in [0.1, 0.15) is 20.7 Å². The molecule has 2 aromatic heterocycles. The fourth-order valence-corrected chi connectivity index (χ4v) is 3.33. The van der Waals surface area contributed by atoms with Crippen LogP contribution in [0, 0.1) is 0 Å². The molecular formula is C22H17BrN4O2. The average Bonchev–Trinajstić information content (AvgIpc) is 3.07. The maximum Gasteiger partial charge on any atom is 0.257 e. The van der Waals surface area contributed by atoms with Gasteiger partial charge in [0.1, 0.15) is 5.82 Å². The van der Waals surface area contributed by atoms with Crippen LogP contribution in [0.3, 0.4) is 0 Å². The number of rotatable bonds is 4. The van der Waals surface area contributed by atoms with E-state index in [-0.39, 0.29) is 11.8 Å². The maximum atomic E-state index is 12.8. The van der Waals surface area contributed by atoms with Crippen LogP contribution in [-0.4, -0.2) is 21.4 Å². The van der Waals surface area contributed by atoms with Crippen molar-refractivity contribution in [2.75, 3.05) is 10.6 Å². The molecule has 0 radical (unpaired) electrons. The van der Waals surface area contributed by atoms with Gasteiger partial charge in [-0.15, -0.1) is 0 Å². The topological polar surface area (TPSA) is 76.0 Å². The van der Waals surface area contributed by atoms with E-state index < -0.39 is 0 Å². The predicted octanol–water partition coefficient (Wildman–Crippen LogP) is 4.84. The number of aryl methyl sites for hydroxylation is 1. The molecule has 6 nitrogen and oxygen atoms in total. The fourth-order valence-electron chi connectivity index (χ4n) is 3.10. The van der Waals surface area contributed by atoms with Crippen LogP contribution in [0.2, 0.25) is 0 Å². The van der Waals surface area contributed by atoms with Crippen LogP contribution in [0.25, 0.3) is 10.9 Å². The molecule has 144 valence electrons. The minimum Gasteiger partial charge on any atom is -0.350 e. The van der Waals surface area contributed by atoms with Gasteiger partial charge in [0.2, 0.25) is 0 Å². The fraction of sp³-hybridized carbons (Fsp3) is 0.0455. The highest BCUT2D eigenvalue weighted by molar-refractivity contribution is 9.10. The number of benzene rings is 2. The molecule has 0 spiro atoms. The third-order valence-electron chi connectivity index (χ3n) is 4.49. The number of carbonyl (C=O) groups is 2. The monoisotopic (exact) mass is 448 g/mol. The standard InChI is InChI=1S/C22H17BrN4O2/c1-27-13-18(17-7-2-3-8-19(17)27)22(29)25-16-6-4-5-14(11-16)21(28)26-20-10-9-15(23)12-24-20/h2-13H,1H3,(H,25,29)(H,24,26,28). The molecule has 0 atom stereocenters. The molecule has 0 saturated carbocycles. The number of carbonyl (C=O) groups excluding carboxylic acids is 2. The Balaban J connectivity index is 1.53. The van der Waals surface area contributed by atoms with Gasteiger partial charge in [0.05, 0.1) is 5.56 Å². The molecule has 2 aromatic carbocycles. The van der Waals surface area contributed by atoms with Gasteiger partial charge >= 0.3 is 0 Å². The molecule has 0 bridgehead atoms. The number of pyridine rings is 1. The molecule has 0 aliphatic heterocycles. The summed E-state index contributed by atoms with van der Waals surface area (Å²) in [5.41, 5.74) is 2.52. The van der Waals surface area contributed by atoms with Gasteiger partial charge in [0, 0.05) is 46.1 Å². The van der Waals surface area contributed by atoms with Crippen molar-refractivity contribution in [2.24, 2.45) is 7.05 Å². The van der Waals surface area contributed by atoms with Gasteiger partial charge in [0.15, 0.2) is 0 Å². The average molecular weight is 449 g/mol. The molecule has 0 saturated heterocycles. The van der Waals surface area contributed by atoms with Crippen LogP contribution in [0.5, 0.6) is 0 Å². The number of para-hydroxylation sites is 1. The Morgan fingerprint density at radius 1 is 0.966 bits per heavy atom. The van der Waals surface area contributed by atoms with Crippen molar-refractivity contribution in [3.8, 4) is 0 Å². The number of nitrogens with one attached hydrogen (secondary N) is 2. The van der Waals surface area contributed by atoms with Crippen LogP contribution < -0.4 is 10.6 Å². The van der Waals surface area contributed by atoms with E-state index in [0.717, 1.165) is 15.4 Å². The van der Waals surface area contributed by atoms with Gasteiger partial charge in [0.25, 0.3) is 11.8 Å². The summed E-state index contributed by atoms with van der Waals surface area (Å²) in [6, 6.07) is 18.0. The van der Waals surface area contributed by atoms with Crippen molar-refractivity contribution in [3.05, 3.63) is 88.7 Å². The van der Waals surface area contributed by atoms with E-state index in [4.69, 9.17) is 0 Å². The first kappa shape index (κ1) is 18.9. The summed E-state index contributed by atoms with van der Waals surface area (Å²) in [7, 11) is 1.90. The normalized spacial score (nSPS) is 10.7. The Bertz CT molecular complexity index is 1220. The smallest absolute Gasteiger partial charge is 0.257 e. The van der Waals surface area contributed by atoms with Gasteiger partial charge in [-0.1, -0.05) is 24.3 Å². The Hall–Kier alpha value is -3.45. The second-order valence-corrected chi connectivity index (χ2v) is 7.44. The second kappa shape index (κ2) is 7.89. The van der Waals surface area contributed by atoms with Crippen LogP contribution in [-0.2, 0) is 7.05 Å². The maximum absolute atomic E-state index is 12.8. The lowest BCUT2D eigenvalue weighted by atomic mass is 10.1. The van der Waals surface area contributed by atoms with E-state index in [1.54, 1.807) is 48.8 Å². The molecule has 7 heteroatoms. The number of hydrogen-bond donors (Lipinski definition) is 2. The predicted molar refractivity (Wildman–Crippen MR) is 117 cm³/mol. The Labute approximate surface area is 175 Å². The number of fused-ring (bicyclic) bond motifs is 1. The first-order chi connectivity index (χ1) is 14.0. The van der Waals surface area contributed by atoms with Crippen molar-refractivity contribution < 1.29 is 9.59 Å². The Morgan fingerprint density at radius 2 is 1.79 bits per heavy atom. The summed E-state index contributed by atoms with van der Waals surface area (Å²) in [5.74, 6) is -0.0848. The van der Waals surface area contributed by atoms with Gasteiger partial charge in [-0.05, 0) is 52.3 Å². The zero-order chi connectivity index (χ0) is 20.4. The Morgan fingerprint density at radius 3 is 2.59 bits per heavy atom. The highest BCUT2D eigenvalue weighted by atomic mass is 79.9. The minimum atomic E-state index is -0.305. The molecule has 0 unspecified atom stereocenters. The summed E-state index contributed by atoms with van der Waals surface area (Å²) in [6.45, 7) is 0. The molecule has 0 aliphatic carbocycles. The Kier molecular flexibility index (Phi) is 5.14. The van der Waals surface area contributed by atoms with Crippen molar-refractivity contribution in [2.45, 2.75) is 0 Å². The molecule has 4 aromatic rings. The third-order valence-corrected chi connectivity index (χ3v) is 4.96. The molecule has 2 heterocycles. The molecular weight excluding hydrogens is 432 g/mol. The van der Waals surface area contributed by atoms with Crippen LogP contribution >= 0.6 is 15.9 Å². The SMILES string of the molecule is Cn1cc(C(=O)Nc2cccc(C(=O)Nc3ccc(Br)cn3)c2)c2ccccc21. The van der Waals surface area contributed by atoms with E-state index in [2.05, 4.69) is 31.5 Å². The number of amides is 2. The van der Waals surface area contributed by atoms with Crippen molar-refractivity contribution in [1.29, 1.82) is 0 Å². The number of anilines is 2. The van der Waals surface area contributed by atoms with E-state index in [1.807, 2.05) is 35.9 Å². The summed E-state index contributed by atoms with van der Waals surface area (Å²) >= 11 is 3.31. The van der Waals surface area contributed by atoms with Crippen LogP contribution in [0.15, 0.2) is 77.5 Å². The van der Waals surface area contributed by atoms with Crippen molar-refractivity contribution >= 4 is 50.2 Å². The first-order valence-corrected chi connectivity index (χ1v) is 9.69. The number of hydrogen-bond acceptors (Lipinski definition) is 3. The number of halogens is 1. The highest BCUT2D eigenvalue weighted by Gasteiger charge is 2.15. The van der Waals surface area contributed by atoms with E-state index in [9.17, 15) is 9.59 Å². The van der Waals surface area contributed by atoms with Crippen LogP contribution in [0.4, 0.5) is 11.5 Å². The van der Waals surface area contributed by atoms with E-state index in [0.29, 0.717) is 22.6 Å². The first-order valence-electron chi connectivity index (χ1n) is 8.89. The summed E-state index contributed by atoms with van der Waals surface area (Å²) < 4.78 is 2.74. The van der Waals surface area contributed by atoms with Gasteiger partial charge < -0.3 is 15.2 Å². The molecule has 29 heavy (non-hydrogen) atoms. The lowest BCUT2D eigenvalue weighted by molar-refractivity contribution is 0.101. The molecule has 4 rings (SSSR count). The van der Waals surface area contributed by atoms with Gasteiger partial charge in [-0.2, -0.15) is 0 Å². The van der Waals surface area contributed by atoms with Gasteiger partial charge in [-0.25, -0.2) is 4.98 Å².